The molecule has 0 spiro atoms. The third-order valence-corrected chi connectivity index (χ3v) is 3.84. The van der Waals surface area contributed by atoms with Crippen LogP contribution in [0.4, 0.5) is 0 Å². The van der Waals surface area contributed by atoms with E-state index >= 15 is 0 Å². The second-order valence-electron chi connectivity index (χ2n) is 4.85. The summed E-state index contributed by atoms with van der Waals surface area (Å²) in [4.78, 5) is 11.9. The first-order valence-corrected chi connectivity index (χ1v) is 7.07. The molecule has 0 saturated carbocycles. The van der Waals surface area contributed by atoms with Gasteiger partial charge in [-0.05, 0) is 19.8 Å². The Bertz CT molecular complexity index is 431. The number of carbonyl (C=O) groups excluding carboxylic acids is 1. The summed E-state index contributed by atoms with van der Waals surface area (Å²) >= 11 is 0. The number of hydrogen-bond acceptors (Lipinski definition) is 5. The van der Waals surface area contributed by atoms with Gasteiger partial charge in [0.05, 0.1) is 25.1 Å². The number of carbonyl (C=O) groups is 1. The standard InChI is InChI=1S/C14H25N3O3/c1-5-14(6-2,10-18)15-9-12-11(8-16-17(12)4)13(19)20-7-3/h8,15,18H,5-7,9-10H2,1-4H3. The largest absolute Gasteiger partial charge is 0.462 e. The molecule has 2 N–H and O–H groups in total. The van der Waals surface area contributed by atoms with Gasteiger partial charge in [0, 0.05) is 19.1 Å². The number of ether oxygens (including phenoxy) is 1. The lowest BCUT2D eigenvalue weighted by molar-refractivity contribution is 0.0524. The van der Waals surface area contributed by atoms with E-state index in [0.29, 0.717) is 18.7 Å². The van der Waals surface area contributed by atoms with Crippen LogP contribution < -0.4 is 5.32 Å². The lowest BCUT2D eigenvalue weighted by Crippen LogP contribution is -2.47. The van der Waals surface area contributed by atoms with Gasteiger partial charge in [-0.25, -0.2) is 4.79 Å². The van der Waals surface area contributed by atoms with Crippen molar-refractivity contribution in [3.05, 3.63) is 17.5 Å². The molecule has 0 bridgehead atoms. The molecule has 20 heavy (non-hydrogen) atoms. The van der Waals surface area contributed by atoms with Crippen molar-refractivity contribution in [3.63, 3.8) is 0 Å². The van der Waals surface area contributed by atoms with E-state index in [1.165, 1.54) is 6.20 Å². The Morgan fingerprint density at radius 3 is 2.60 bits per heavy atom. The SMILES string of the molecule is CCOC(=O)c1cnn(C)c1CNC(CC)(CC)CO. The molecule has 1 heterocycles. The molecule has 1 aromatic heterocycles. The second kappa shape index (κ2) is 7.40. The van der Waals surface area contributed by atoms with Crippen molar-refractivity contribution in [2.75, 3.05) is 13.2 Å². The van der Waals surface area contributed by atoms with Crippen molar-refractivity contribution in [3.8, 4) is 0 Å². The van der Waals surface area contributed by atoms with Gasteiger partial charge in [0.2, 0.25) is 0 Å². The van der Waals surface area contributed by atoms with Crippen molar-refractivity contribution in [2.45, 2.75) is 45.7 Å². The summed E-state index contributed by atoms with van der Waals surface area (Å²) in [5, 5.41) is 17.0. The molecule has 1 aromatic rings. The Morgan fingerprint density at radius 2 is 2.10 bits per heavy atom. The molecule has 1 rings (SSSR count). The van der Waals surface area contributed by atoms with E-state index in [1.807, 2.05) is 13.8 Å². The highest BCUT2D eigenvalue weighted by Crippen LogP contribution is 2.17. The molecule has 114 valence electrons. The number of aryl methyl sites for hydroxylation is 1. The predicted molar refractivity (Wildman–Crippen MR) is 76.4 cm³/mol. The summed E-state index contributed by atoms with van der Waals surface area (Å²) in [5.74, 6) is -0.361. The molecule has 6 nitrogen and oxygen atoms in total. The van der Waals surface area contributed by atoms with Gasteiger partial charge in [0.15, 0.2) is 0 Å². The maximum absolute atomic E-state index is 11.9. The monoisotopic (exact) mass is 283 g/mol. The maximum atomic E-state index is 11.9. The first kappa shape index (κ1) is 16.7. The van der Waals surface area contributed by atoms with Gasteiger partial charge in [0.25, 0.3) is 0 Å². The third-order valence-electron chi connectivity index (χ3n) is 3.84. The van der Waals surface area contributed by atoms with E-state index in [2.05, 4.69) is 10.4 Å². The topological polar surface area (TPSA) is 76.4 Å². The smallest absolute Gasteiger partial charge is 0.341 e. The van der Waals surface area contributed by atoms with Crippen LogP contribution in [0.5, 0.6) is 0 Å². The van der Waals surface area contributed by atoms with Crippen LogP contribution in [0.3, 0.4) is 0 Å². The summed E-state index contributed by atoms with van der Waals surface area (Å²) in [6.07, 6.45) is 3.15. The Morgan fingerprint density at radius 1 is 1.45 bits per heavy atom. The quantitative estimate of drug-likeness (QED) is 0.702. The summed E-state index contributed by atoms with van der Waals surface area (Å²) < 4.78 is 6.68. The van der Waals surface area contributed by atoms with Gasteiger partial charge in [0.1, 0.15) is 5.56 Å². The normalized spacial score (nSPS) is 11.7. The molecule has 0 atom stereocenters. The van der Waals surface area contributed by atoms with Gasteiger partial charge in [-0.2, -0.15) is 5.10 Å². The fourth-order valence-electron chi connectivity index (χ4n) is 2.10. The Labute approximate surface area is 120 Å². The molecule has 6 heteroatoms. The number of aliphatic hydroxyl groups is 1. The molecule has 0 aliphatic carbocycles. The lowest BCUT2D eigenvalue weighted by atomic mass is 9.93. The number of hydrogen-bond donors (Lipinski definition) is 2. The van der Waals surface area contributed by atoms with E-state index in [0.717, 1.165) is 18.5 Å². The Hall–Kier alpha value is -1.40. The highest BCUT2D eigenvalue weighted by Gasteiger charge is 2.26. The van der Waals surface area contributed by atoms with E-state index in [-0.39, 0.29) is 18.1 Å². The number of aromatic nitrogens is 2. The van der Waals surface area contributed by atoms with E-state index < -0.39 is 0 Å². The number of nitrogens with zero attached hydrogens (tertiary/aromatic N) is 2. The Kier molecular flexibility index (Phi) is 6.16. The van der Waals surface area contributed by atoms with Crippen LogP contribution in [0.25, 0.3) is 0 Å². The number of esters is 1. The van der Waals surface area contributed by atoms with Gasteiger partial charge >= 0.3 is 5.97 Å². The second-order valence-corrected chi connectivity index (χ2v) is 4.85. The zero-order valence-electron chi connectivity index (χ0n) is 12.8. The number of aliphatic hydroxyl groups excluding tert-OH is 1. The molecule has 0 radical (unpaired) electrons. The van der Waals surface area contributed by atoms with Crippen LogP contribution in [0.2, 0.25) is 0 Å². The van der Waals surface area contributed by atoms with E-state index in [9.17, 15) is 9.90 Å². The van der Waals surface area contributed by atoms with Crippen molar-refractivity contribution in [1.29, 1.82) is 0 Å². The predicted octanol–water partition coefficient (Wildman–Crippen LogP) is 1.24. The third kappa shape index (κ3) is 3.58. The molecule has 0 saturated heterocycles. The van der Waals surface area contributed by atoms with Gasteiger partial charge < -0.3 is 15.2 Å². The molecule has 0 amide bonds. The van der Waals surface area contributed by atoms with Crippen LogP contribution in [-0.2, 0) is 18.3 Å². The fraction of sp³-hybridized carbons (Fsp3) is 0.714. The van der Waals surface area contributed by atoms with Crippen molar-refractivity contribution in [2.24, 2.45) is 7.05 Å². The summed E-state index contributed by atoms with van der Waals surface area (Å²) in [6, 6.07) is 0. The molecule has 0 aromatic carbocycles. The zero-order chi connectivity index (χ0) is 15.2. The van der Waals surface area contributed by atoms with Crippen LogP contribution in [0, 0.1) is 0 Å². The number of nitrogens with one attached hydrogen (secondary N) is 1. The van der Waals surface area contributed by atoms with Crippen molar-refractivity contribution >= 4 is 5.97 Å². The highest BCUT2D eigenvalue weighted by atomic mass is 16.5. The van der Waals surface area contributed by atoms with Crippen LogP contribution in [0.15, 0.2) is 6.20 Å². The van der Waals surface area contributed by atoms with Crippen LogP contribution in [0.1, 0.15) is 49.7 Å². The molecular formula is C14H25N3O3. The van der Waals surface area contributed by atoms with E-state index in [1.54, 1.807) is 18.7 Å². The highest BCUT2D eigenvalue weighted by molar-refractivity contribution is 5.90. The van der Waals surface area contributed by atoms with Crippen molar-refractivity contribution < 1.29 is 14.6 Å². The first-order valence-electron chi connectivity index (χ1n) is 7.07. The Balaban J connectivity index is 2.87. The van der Waals surface area contributed by atoms with Gasteiger partial charge in [-0.3, -0.25) is 4.68 Å². The molecule has 0 fully saturated rings. The molecule has 0 aliphatic heterocycles. The fourth-order valence-corrected chi connectivity index (χ4v) is 2.10. The minimum atomic E-state index is -0.361. The summed E-state index contributed by atoms with van der Waals surface area (Å²) in [5.41, 5.74) is 0.917. The van der Waals surface area contributed by atoms with Crippen LogP contribution in [-0.4, -0.2) is 39.6 Å². The lowest BCUT2D eigenvalue weighted by Gasteiger charge is -2.31. The maximum Gasteiger partial charge on any atom is 0.341 e. The van der Waals surface area contributed by atoms with E-state index in [4.69, 9.17) is 4.74 Å². The zero-order valence-corrected chi connectivity index (χ0v) is 12.8. The number of rotatable bonds is 8. The summed E-state index contributed by atoms with van der Waals surface area (Å²) in [7, 11) is 1.79. The van der Waals surface area contributed by atoms with Crippen LogP contribution >= 0.6 is 0 Å². The van der Waals surface area contributed by atoms with Crippen molar-refractivity contribution in [1.82, 2.24) is 15.1 Å². The minimum Gasteiger partial charge on any atom is -0.462 e. The van der Waals surface area contributed by atoms with Gasteiger partial charge in [-0.1, -0.05) is 13.8 Å². The van der Waals surface area contributed by atoms with Gasteiger partial charge in [-0.15, -0.1) is 0 Å². The molecule has 0 aliphatic rings. The minimum absolute atomic E-state index is 0.0621. The molecule has 0 unspecified atom stereocenters. The average molecular weight is 283 g/mol. The average Bonchev–Trinajstić information content (AvgIpc) is 2.83. The first-order chi connectivity index (χ1) is 9.53. The summed E-state index contributed by atoms with van der Waals surface area (Å²) in [6.45, 7) is 6.70. The molecular weight excluding hydrogens is 258 g/mol.